The van der Waals surface area contributed by atoms with Crippen molar-refractivity contribution in [2.24, 2.45) is 0 Å². The highest BCUT2D eigenvalue weighted by molar-refractivity contribution is 6.46. The number of ketones is 1. The Morgan fingerprint density at radius 3 is 2.33 bits per heavy atom. The van der Waals surface area contributed by atoms with E-state index in [0.717, 1.165) is 24.2 Å². The highest BCUT2D eigenvalue weighted by atomic mass is 35.5. The Hall–Kier alpha value is -2.87. The predicted molar refractivity (Wildman–Crippen MR) is 139 cm³/mol. The zero-order chi connectivity index (χ0) is 26.0. The van der Waals surface area contributed by atoms with Crippen LogP contribution in [0, 0.1) is 0 Å². The van der Waals surface area contributed by atoms with Gasteiger partial charge in [0.25, 0.3) is 11.7 Å². The number of carbonyl (C=O) groups excluding carboxylic acids is 2. The molecule has 2 aromatic rings. The smallest absolute Gasteiger partial charge is 0.295 e. The fourth-order valence-corrected chi connectivity index (χ4v) is 4.92. The maximum Gasteiger partial charge on any atom is 0.295 e. The number of halogens is 1. The number of aliphatic hydroxyl groups excluding tert-OH is 1. The van der Waals surface area contributed by atoms with Gasteiger partial charge in [0, 0.05) is 31.7 Å². The monoisotopic (exact) mass is 512 g/mol. The molecule has 4 rings (SSSR count). The van der Waals surface area contributed by atoms with Crippen LogP contribution in [0.25, 0.3) is 5.76 Å². The first-order chi connectivity index (χ1) is 17.1. The van der Waals surface area contributed by atoms with Crippen molar-refractivity contribution in [1.29, 1.82) is 0 Å². The zero-order valence-corrected chi connectivity index (χ0v) is 22.0. The first-order valence-corrected chi connectivity index (χ1v) is 12.5. The summed E-state index contributed by atoms with van der Waals surface area (Å²) in [5.41, 5.74) is 2.27. The molecule has 1 atom stereocenters. The van der Waals surface area contributed by atoms with Gasteiger partial charge in [0.05, 0.1) is 37.0 Å². The third-order valence-corrected chi connectivity index (χ3v) is 7.11. The lowest BCUT2D eigenvalue weighted by atomic mass is 9.85. The van der Waals surface area contributed by atoms with Gasteiger partial charge in [-0.3, -0.25) is 14.5 Å². The molecule has 8 heteroatoms. The fourth-order valence-electron chi connectivity index (χ4n) is 4.67. The maximum atomic E-state index is 13.3. The summed E-state index contributed by atoms with van der Waals surface area (Å²) in [5, 5.41) is 11.6. The van der Waals surface area contributed by atoms with Gasteiger partial charge in [0.1, 0.15) is 11.5 Å². The molecule has 0 radical (unpaired) electrons. The molecular formula is C28H33ClN2O5. The van der Waals surface area contributed by atoms with Crippen LogP contribution in [0.4, 0.5) is 0 Å². The molecule has 7 nitrogen and oxygen atoms in total. The molecule has 2 fully saturated rings. The second kappa shape index (κ2) is 10.6. The van der Waals surface area contributed by atoms with Crippen LogP contribution in [0.1, 0.15) is 43.5 Å². The molecule has 2 aliphatic heterocycles. The molecule has 2 aromatic carbocycles. The Kier molecular flexibility index (Phi) is 7.73. The second-order valence-electron chi connectivity index (χ2n) is 10.2. The molecule has 2 saturated heterocycles. The number of aliphatic hydroxyl groups is 1. The Balaban J connectivity index is 1.76. The van der Waals surface area contributed by atoms with Crippen molar-refractivity contribution < 1.29 is 24.2 Å². The third kappa shape index (κ3) is 5.28. The first kappa shape index (κ1) is 26.2. The van der Waals surface area contributed by atoms with E-state index in [1.54, 1.807) is 17.0 Å². The van der Waals surface area contributed by atoms with Gasteiger partial charge in [0.2, 0.25) is 0 Å². The van der Waals surface area contributed by atoms with Crippen LogP contribution in [0.2, 0.25) is 5.02 Å². The Labute approximate surface area is 217 Å². The van der Waals surface area contributed by atoms with E-state index < -0.39 is 17.7 Å². The van der Waals surface area contributed by atoms with Crippen molar-refractivity contribution in [3.8, 4) is 5.75 Å². The summed E-state index contributed by atoms with van der Waals surface area (Å²) in [6, 6.07) is 12.0. The van der Waals surface area contributed by atoms with Gasteiger partial charge in [-0.2, -0.15) is 0 Å². The van der Waals surface area contributed by atoms with E-state index in [2.05, 4.69) is 25.7 Å². The summed E-state index contributed by atoms with van der Waals surface area (Å²) in [6.45, 7) is 10.2. The van der Waals surface area contributed by atoms with Crippen molar-refractivity contribution in [1.82, 2.24) is 9.80 Å². The van der Waals surface area contributed by atoms with Crippen LogP contribution in [-0.2, 0) is 19.7 Å². The number of nitrogens with zero attached hydrogens (tertiary/aromatic N) is 2. The summed E-state index contributed by atoms with van der Waals surface area (Å²) in [5.74, 6) is -1.12. The van der Waals surface area contributed by atoms with Crippen LogP contribution in [0.15, 0.2) is 48.0 Å². The lowest BCUT2D eigenvalue weighted by molar-refractivity contribution is -0.140. The number of likely N-dealkylation sites (tertiary alicyclic amines) is 1. The quantitative estimate of drug-likeness (QED) is 0.351. The third-order valence-electron chi connectivity index (χ3n) is 6.82. The number of rotatable bonds is 6. The van der Waals surface area contributed by atoms with E-state index in [0.29, 0.717) is 42.6 Å². The van der Waals surface area contributed by atoms with Crippen molar-refractivity contribution in [3.05, 3.63) is 69.8 Å². The predicted octanol–water partition coefficient (Wildman–Crippen LogP) is 4.40. The molecule has 0 aliphatic carbocycles. The van der Waals surface area contributed by atoms with E-state index in [1.807, 2.05) is 24.3 Å². The number of morpholine rings is 1. The number of carbonyl (C=O) groups is 2. The number of hydrogen-bond donors (Lipinski definition) is 1. The average molecular weight is 513 g/mol. The normalized spacial score (nSPS) is 20.7. The lowest BCUT2D eigenvalue weighted by Crippen LogP contribution is -2.42. The molecule has 2 aliphatic rings. The van der Waals surface area contributed by atoms with Crippen LogP contribution in [0.3, 0.4) is 0 Å². The van der Waals surface area contributed by atoms with Crippen LogP contribution in [-0.4, -0.2) is 73.1 Å². The highest BCUT2D eigenvalue weighted by Crippen LogP contribution is 2.40. The van der Waals surface area contributed by atoms with E-state index in [9.17, 15) is 14.7 Å². The topological polar surface area (TPSA) is 79.3 Å². The Morgan fingerprint density at radius 1 is 1.08 bits per heavy atom. The lowest BCUT2D eigenvalue weighted by Gasteiger charge is -2.31. The van der Waals surface area contributed by atoms with Crippen molar-refractivity contribution >= 4 is 29.1 Å². The molecule has 36 heavy (non-hydrogen) atoms. The number of hydrogen-bond acceptors (Lipinski definition) is 6. The minimum atomic E-state index is -0.707. The van der Waals surface area contributed by atoms with Gasteiger partial charge >= 0.3 is 0 Å². The molecule has 1 N–H and O–H groups in total. The first-order valence-electron chi connectivity index (χ1n) is 12.1. The van der Waals surface area contributed by atoms with Gasteiger partial charge < -0.3 is 19.5 Å². The molecule has 192 valence electrons. The van der Waals surface area contributed by atoms with Gasteiger partial charge in [-0.15, -0.1) is 0 Å². The van der Waals surface area contributed by atoms with Crippen molar-refractivity contribution in [3.63, 3.8) is 0 Å². The Morgan fingerprint density at radius 2 is 1.75 bits per heavy atom. The average Bonchev–Trinajstić information content (AvgIpc) is 3.12. The number of Topliss-reactive ketones (excluding diaryl/α,β-unsaturated/α-hetero) is 1. The highest BCUT2D eigenvalue weighted by Gasteiger charge is 2.46. The number of amides is 1. The molecule has 0 bridgehead atoms. The SMILES string of the molecule is COc1ccc(/C(O)=C2\C(=O)C(=O)N(CCN3CCOCC3)[C@H]2c2ccc(C(C)(C)C)cc2)cc1Cl. The van der Waals surface area contributed by atoms with Crippen LogP contribution >= 0.6 is 11.6 Å². The summed E-state index contributed by atoms with van der Waals surface area (Å²) >= 11 is 6.29. The zero-order valence-electron chi connectivity index (χ0n) is 21.2. The van der Waals surface area contributed by atoms with E-state index in [1.165, 1.54) is 13.2 Å². The maximum absolute atomic E-state index is 13.3. The van der Waals surface area contributed by atoms with Gasteiger partial charge in [0.15, 0.2) is 0 Å². The number of ether oxygens (including phenoxy) is 2. The van der Waals surface area contributed by atoms with E-state index in [4.69, 9.17) is 21.1 Å². The van der Waals surface area contributed by atoms with Gasteiger partial charge in [-0.25, -0.2) is 0 Å². The molecule has 0 unspecified atom stereocenters. The van der Waals surface area contributed by atoms with Crippen LogP contribution in [0.5, 0.6) is 5.75 Å². The summed E-state index contributed by atoms with van der Waals surface area (Å²) in [4.78, 5) is 30.3. The standard InChI is InChI=1S/C28H33ClN2O5/c1-28(2,3)20-8-5-18(6-9-20)24-23(25(32)19-7-10-22(35-4)21(29)17-19)26(33)27(34)31(24)12-11-30-13-15-36-16-14-30/h5-10,17,24,32H,11-16H2,1-4H3/b25-23+/t24-/m0/s1. The fraction of sp³-hybridized carbons (Fsp3) is 0.429. The molecule has 0 aromatic heterocycles. The minimum Gasteiger partial charge on any atom is -0.507 e. The minimum absolute atomic E-state index is 0.0451. The van der Waals surface area contributed by atoms with Crippen molar-refractivity contribution in [2.45, 2.75) is 32.2 Å². The van der Waals surface area contributed by atoms with E-state index in [-0.39, 0.29) is 16.7 Å². The summed E-state index contributed by atoms with van der Waals surface area (Å²) < 4.78 is 10.6. The Bertz CT molecular complexity index is 1160. The summed E-state index contributed by atoms with van der Waals surface area (Å²) in [7, 11) is 1.50. The molecule has 2 heterocycles. The largest absolute Gasteiger partial charge is 0.507 e. The number of methoxy groups -OCH3 is 1. The summed E-state index contributed by atoms with van der Waals surface area (Å²) in [6.07, 6.45) is 0. The number of benzene rings is 2. The molecule has 0 spiro atoms. The van der Waals surface area contributed by atoms with Gasteiger partial charge in [-0.1, -0.05) is 56.6 Å². The second-order valence-corrected chi connectivity index (χ2v) is 10.6. The van der Waals surface area contributed by atoms with Crippen molar-refractivity contribution in [2.75, 3.05) is 46.5 Å². The van der Waals surface area contributed by atoms with Gasteiger partial charge in [-0.05, 0) is 34.7 Å². The molecule has 0 saturated carbocycles. The van der Waals surface area contributed by atoms with E-state index >= 15 is 0 Å². The molecular weight excluding hydrogens is 480 g/mol. The van der Waals surface area contributed by atoms with Crippen LogP contribution < -0.4 is 4.74 Å². The molecule has 1 amide bonds.